The molecule has 1 aromatic heterocycles. The fourth-order valence-electron chi connectivity index (χ4n) is 0.987. The zero-order chi connectivity index (χ0) is 8.10. The minimum absolute atomic E-state index is 0.255. The van der Waals surface area contributed by atoms with Gasteiger partial charge >= 0.3 is 0 Å². The molecule has 0 saturated carbocycles. The number of rotatable bonds is 4. The first kappa shape index (κ1) is 8.14. The summed E-state index contributed by atoms with van der Waals surface area (Å²) < 4.78 is 0. The molecule has 0 fully saturated rings. The highest BCUT2D eigenvalue weighted by Gasteiger charge is 1.98. The first-order valence-electron chi connectivity index (χ1n) is 3.80. The third-order valence-electron chi connectivity index (χ3n) is 1.64. The van der Waals surface area contributed by atoms with Gasteiger partial charge in [0.15, 0.2) is 0 Å². The minimum atomic E-state index is 0.255. The van der Waals surface area contributed by atoms with E-state index >= 15 is 0 Å². The Kier molecular flexibility index (Phi) is 2.98. The van der Waals surface area contributed by atoms with Crippen LogP contribution in [-0.4, -0.2) is 30.3 Å². The third-order valence-corrected chi connectivity index (χ3v) is 1.64. The van der Waals surface area contributed by atoms with Crippen LogP contribution < -0.4 is 4.90 Å². The zero-order valence-electron chi connectivity index (χ0n) is 6.75. The van der Waals surface area contributed by atoms with E-state index in [1.54, 1.807) is 0 Å². The molecule has 0 aliphatic carbocycles. The number of hydrogen-bond acceptors (Lipinski definition) is 2. The van der Waals surface area contributed by atoms with Gasteiger partial charge in [-0.1, -0.05) is 0 Å². The molecule has 0 bridgehead atoms. The number of aromatic nitrogens is 1. The summed E-state index contributed by atoms with van der Waals surface area (Å²) in [6.45, 7) is 1.14. The van der Waals surface area contributed by atoms with Crippen molar-refractivity contribution in [3.63, 3.8) is 0 Å². The van der Waals surface area contributed by atoms with E-state index in [-0.39, 0.29) is 6.61 Å². The van der Waals surface area contributed by atoms with E-state index in [4.69, 9.17) is 5.11 Å². The average Bonchev–Trinajstić information content (AvgIpc) is 2.52. The predicted molar refractivity (Wildman–Crippen MR) is 45.8 cm³/mol. The quantitative estimate of drug-likeness (QED) is 0.674. The fraction of sp³-hybridized carbons (Fsp3) is 0.500. The van der Waals surface area contributed by atoms with Crippen LogP contribution in [0, 0.1) is 0 Å². The number of aliphatic hydroxyl groups excluding tert-OH is 1. The monoisotopic (exact) mass is 154 g/mol. The molecule has 0 aliphatic rings. The van der Waals surface area contributed by atoms with Crippen LogP contribution in [0.15, 0.2) is 18.3 Å². The maximum absolute atomic E-state index is 8.58. The van der Waals surface area contributed by atoms with E-state index in [9.17, 15) is 0 Å². The van der Waals surface area contributed by atoms with Gasteiger partial charge in [0.2, 0.25) is 0 Å². The van der Waals surface area contributed by atoms with E-state index in [1.165, 1.54) is 0 Å². The lowest BCUT2D eigenvalue weighted by atomic mass is 10.4. The molecule has 0 aromatic carbocycles. The van der Waals surface area contributed by atoms with Crippen molar-refractivity contribution in [2.45, 2.75) is 6.42 Å². The molecule has 1 aromatic rings. The van der Waals surface area contributed by atoms with Gasteiger partial charge in [0, 0.05) is 26.4 Å². The highest BCUT2D eigenvalue weighted by molar-refractivity contribution is 5.36. The number of H-pyrrole nitrogens is 1. The first-order valence-corrected chi connectivity index (χ1v) is 3.80. The Morgan fingerprint density at radius 1 is 1.64 bits per heavy atom. The van der Waals surface area contributed by atoms with E-state index < -0.39 is 0 Å². The van der Waals surface area contributed by atoms with Crippen molar-refractivity contribution in [3.05, 3.63) is 18.3 Å². The van der Waals surface area contributed by atoms with Crippen molar-refractivity contribution < 1.29 is 5.11 Å². The van der Waals surface area contributed by atoms with Gasteiger partial charge in [0.05, 0.1) is 0 Å². The summed E-state index contributed by atoms with van der Waals surface area (Å²) in [6.07, 6.45) is 2.71. The molecule has 2 N–H and O–H groups in total. The molecule has 0 atom stereocenters. The second kappa shape index (κ2) is 4.03. The lowest BCUT2D eigenvalue weighted by Crippen LogP contribution is -2.19. The molecular weight excluding hydrogens is 140 g/mol. The lowest BCUT2D eigenvalue weighted by Gasteiger charge is -2.15. The molecule has 0 saturated heterocycles. The van der Waals surface area contributed by atoms with E-state index in [2.05, 4.69) is 9.88 Å². The Morgan fingerprint density at radius 3 is 3.00 bits per heavy atom. The number of aliphatic hydroxyl groups is 1. The van der Waals surface area contributed by atoms with E-state index in [0.717, 1.165) is 18.8 Å². The smallest absolute Gasteiger partial charge is 0.105 e. The molecule has 0 spiro atoms. The molecule has 11 heavy (non-hydrogen) atoms. The highest BCUT2D eigenvalue weighted by atomic mass is 16.3. The fourth-order valence-corrected chi connectivity index (χ4v) is 0.987. The van der Waals surface area contributed by atoms with Crippen molar-refractivity contribution >= 4 is 5.82 Å². The summed E-state index contributed by atoms with van der Waals surface area (Å²) in [6, 6.07) is 3.97. The van der Waals surface area contributed by atoms with Gasteiger partial charge in [-0.25, -0.2) is 0 Å². The predicted octanol–water partition coefficient (Wildman–Crippen LogP) is 0.833. The van der Waals surface area contributed by atoms with E-state index in [1.807, 2.05) is 25.4 Å². The topological polar surface area (TPSA) is 39.3 Å². The molecule has 0 radical (unpaired) electrons. The van der Waals surface area contributed by atoms with Crippen molar-refractivity contribution in [1.29, 1.82) is 0 Å². The lowest BCUT2D eigenvalue weighted by molar-refractivity contribution is 0.290. The second-order valence-electron chi connectivity index (χ2n) is 2.55. The molecule has 0 aliphatic heterocycles. The Hall–Kier alpha value is -0.960. The van der Waals surface area contributed by atoms with Gasteiger partial charge in [-0.3, -0.25) is 0 Å². The van der Waals surface area contributed by atoms with Crippen molar-refractivity contribution in [3.8, 4) is 0 Å². The average molecular weight is 154 g/mol. The number of anilines is 1. The van der Waals surface area contributed by atoms with Gasteiger partial charge in [-0.15, -0.1) is 0 Å². The number of nitrogens with zero attached hydrogens (tertiary/aromatic N) is 1. The summed E-state index contributed by atoms with van der Waals surface area (Å²) in [7, 11) is 2.00. The van der Waals surface area contributed by atoms with Crippen LogP contribution in [0.3, 0.4) is 0 Å². The number of nitrogens with one attached hydrogen (secondary N) is 1. The largest absolute Gasteiger partial charge is 0.396 e. The number of aromatic amines is 1. The Morgan fingerprint density at radius 2 is 2.45 bits per heavy atom. The highest BCUT2D eigenvalue weighted by Crippen LogP contribution is 2.07. The Labute approximate surface area is 66.7 Å². The van der Waals surface area contributed by atoms with Crippen LogP contribution in [0.5, 0.6) is 0 Å². The van der Waals surface area contributed by atoms with Crippen LogP contribution >= 0.6 is 0 Å². The summed E-state index contributed by atoms with van der Waals surface area (Å²) >= 11 is 0. The van der Waals surface area contributed by atoms with Gasteiger partial charge in [0.25, 0.3) is 0 Å². The van der Waals surface area contributed by atoms with Gasteiger partial charge in [0.1, 0.15) is 5.82 Å². The third kappa shape index (κ3) is 2.27. The maximum atomic E-state index is 8.58. The summed E-state index contributed by atoms with van der Waals surface area (Å²) in [4.78, 5) is 5.17. The van der Waals surface area contributed by atoms with Crippen LogP contribution in [0.1, 0.15) is 6.42 Å². The summed E-state index contributed by atoms with van der Waals surface area (Å²) in [5.41, 5.74) is 0. The summed E-state index contributed by atoms with van der Waals surface area (Å²) in [5, 5.41) is 8.58. The van der Waals surface area contributed by atoms with Crippen molar-refractivity contribution in [2.24, 2.45) is 0 Å². The normalized spacial score (nSPS) is 10.0. The first-order chi connectivity index (χ1) is 5.34. The Bertz CT molecular complexity index is 184. The van der Waals surface area contributed by atoms with Gasteiger partial charge < -0.3 is 15.0 Å². The summed E-state index contributed by atoms with van der Waals surface area (Å²) in [5.74, 6) is 1.10. The molecule has 3 nitrogen and oxygen atoms in total. The van der Waals surface area contributed by atoms with Crippen molar-refractivity contribution in [1.82, 2.24) is 4.98 Å². The minimum Gasteiger partial charge on any atom is -0.396 e. The molecule has 0 amide bonds. The van der Waals surface area contributed by atoms with Gasteiger partial charge in [-0.05, 0) is 18.6 Å². The molecule has 62 valence electrons. The Balaban J connectivity index is 2.36. The molecule has 1 heterocycles. The molecule has 3 heteroatoms. The zero-order valence-corrected chi connectivity index (χ0v) is 6.75. The SMILES string of the molecule is CN(CCCO)c1ccc[nH]1. The molecule has 0 unspecified atom stereocenters. The van der Waals surface area contributed by atoms with Crippen LogP contribution in [-0.2, 0) is 0 Å². The van der Waals surface area contributed by atoms with Crippen molar-refractivity contribution in [2.75, 3.05) is 25.1 Å². The van der Waals surface area contributed by atoms with Crippen LogP contribution in [0.25, 0.3) is 0 Å². The van der Waals surface area contributed by atoms with Crippen LogP contribution in [0.4, 0.5) is 5.82 Å². The number of hydrogen-bond donors (Lipinski definition) is 2. The second-order valence-corrected chi connectivity index (χ2v) is 2.55. The maximum Gasteiger partial charge on any atom is 0.105 e. The standard InChI is InChI=1S/C8H14N2O/c1-10(6-3-7-11)8-4-2-5-9-8/h2,4-5,9,11H,3,6-7H2,1H3. The van der Waals surface area contributed by atoms with E-state index in [0.29, 0.717) is 0 Å². The van der Waals surface area contributed by atoms with Gasteiger partial charge in [-0.2, -0.15) is 0 Å². The van der Waals surface area contributed by atoms with Crippen LogP contribution in [0.2, 0.25) is 0 Å². The molecule has 1 rings (SSSR count). The molecular formula is C8H14N2O.